The van der Waals surface area contributed by atoms with Crippen LogP contribution in [0.3, 0.4) is 0 Å². The van der Waals surface area contributed by atoms with Gasteiger partial charge in [-0.05, 0) is 74.0 Å². The number of halogens is 2. The zero-order valence-corrected chi connectivity index (χ0v) is 26.5. The van der Waals surface area contributed by atoms with Crippen LogP contribution in [0.25, 0.3) is 54.1 Å². The summed E-state index contributed by atoms with van der Waals surface area (Å²) in [7, 11) is 0. The average molecular weight is 651 g/mol. The Morgan fingerprint density at radius 3 is 1.76 bits per heavy atom. The van der Waals surface area contributed by atoms with Gasteiger partial charge in [-0.1, -0.05) is 54.9 Å². The van der Waals surface area contributed by atoms with Gasteiger partial charge in [0.2, 0.25) is 0 Å². The van der Waals surface area contributed by atoms with E-state index in [9.17, 15) is 14.0 Å². The number of hydrogen-bond acceptors (Lipinski definition) is 6. The van der Waals surface area contributed by atoms with Crippen LogP contribution in [0.5, 0.6) is 0 Å². The molecular weight excluding hydrogens is 627 g/mol. The molecule has 8 rings (SSSR count). The van der Waals surface area contributed by atoms with Gasteiger partial charge in [-0.25, -0.2) is 4.39 Å². The van der Waals surface area contributed by atoms with Crippen molar-refractivity contribution in [1.29, 1.82) is 0 Å². The van der Waals surface area contributed by atoms with Gasteiger partial charge >= 0.3 is 0 Å². The standard InChI is InChI=1S/C18H13ClN2OS.C17H11FN2OS/c1-2-14-16-17(13-5-3-4-6-15(13)23-14)20-21(18(16)22)12-9-7-11(19)8-10-12;1-10-15-16(13-4-2-3-5-14(13)22-10)19-20(17(15)21)12-8-6-11(18)7-9-12/h3-10H,2H2,1H3;2-9H,1H3. The molecule has 0 unspecified atom stereocenters. The molecule has 45 heavy (non-hydrogen) atoms. The summed E-state index contributed by atoms with van der Waals surface area (Å²) in [5, 5.41) is 11.7. The highest BCUT2D eigenvalue weighted by molar-refractivity contribution is 7.19. The molecule has 0 fully saturated rings. The van der Waals surface area contributed by atoms with Gasteiger partial charge in [0, 0.05) is 34.9 Å². The second-order valence-corrected chi connectivity index (χ2v) is 13.2. The third-order valence-corrected chi connectivity index (χ3v) is 10.2. The number of benzene rings is 4. The Morgan fingerprint density at radius 1 is 0.689 bits per heavy atom. The highest BCUT2D eigenvalue weighted by atomic mass is 35.5. The molecule has 0 N–H and O–H groups in total. The molecule has 0 aliphatic carbocycles. The van der Waals surface area contributed by atoms with Crippen molar-refractivity contribution in [1.82, 2.24) is 19.6 Å². The maximum Gasteiger partial charge on any atom is 0.282 e. The van der Waals surface area contributed by atoms with Gasteiger partial charge < -0.3 is 0 Å². The molecule has 10 heteroatoms. The molecule has 0 bridgehead atoms. The molecule has 222 valence electrons. The predicted octanol–water partition coefficient (Wildman–Crippen LogP) is 8.77. The van der Waals surface area contributed by atoms with Crippen LogP contribution in [0.15, 0.2) is 107 Å². The maximum atomic E-state index is 13.1. The molecule has 6 nitrogen and oxygen atoms in total. The normalized spacial score (nSPS) is 11.4. The number of aryl methyl sites for hydroxylation is 2. The molecule has 4 aromatic rings. The van der Waals surface area contributed by atoms with Crippen LogP contribution in [-0.4, -0.2) is 19.6 Å². The minimum atomic E-state index is -0.336. The first-order chi connectivity index (χ1) is 21.8. The van der Waals surface area contributed by atoms with Crippen molar-refractivity contribution in [2.75, 3.05) is 0 Å². The van der Waals surface area contributed by atoms with Crippen LogP contribution in [0.2, 0.25) is 5.02 Å². The summed E-state index contributed by atoms with van der Waals surface area (Å²) >= 11 is 9.19. The number of aromatic nitrogens is 4. The van der Waals surface area contributed by atoms with E-state index in [0.29, 0.717) is 22.0 Å². The first-order valence-electron chi connectivity index (χ1n) is 14.2. The molecular formula is C35H24ClFN4O2S2. The van der Waals surface area contributed by atoms with Gasteiger partial charge in [0.25, 0.3) is 11.1 Å². The van der Waals surface area contributed by atoms with E-state index in [1.807, 2.05) is 61.5 Å². The van der Waals surface area contributed by atoms with Gasteiger partial charge in [0.1, 0.15) is 17.2 Å². The summed E-state index contributed by atoms with van der Waals surface area (Å²) in [6.07, 6.45) is 0.813. The Morgan fingerprint density at radius 2 is 1.18 bits per heavy atom. The Labute approximate surface area is 269 Å². The molecule has 4 aliphatic rings. The van der Waals surface area contributed by atoms with Crippen LogP contribution in [-0.2, 0) is 6.42 Å². The summed E-state index contributed by atoms with van der Waals surface area (Å²) in [6, 6.07) is 28.9. The monoisotopic (exact) mass is 650 g/mol. The Bertz CT molecular complexity index is 2390. The molecule has 0 radical (unpaired) electrons. The van der Waals surface area contributed by atoms with Gasteiger partial charge in [-0.3, -0.25) is 9.59 Å². The summed E-state index contributed by atoms with van der Waals surface area (Å²) in [5.74, 6) is -0.336. The Balaban J connectivity index is 0.000000145. The molecule has 4 aliphatic heterocycles. The topological polar surface area (TPSA) is 69.8 Å². The van der Waals surface area contributed by atoms with E-state index < -0.39 is 0 Å². The van der Waals surface area contributed by atoms with E-state index >= 15 is 0 Å². The van der Waals surface area contributed by atoms with Crippen molar-refractivity contribution in [3.05, 3.63) is 138 Å². The molecule has 0 saturated heterocycles. The lowest BCUT2D eigenvalue weighted by molar-refractivity contribution is 0.627. The quantitative estimate of drug-likeness (QED) is 0.192. The number of hydrogen-bond donors (Lipinski definition) is 0. The first kappa shape index (κ1) is 29.0. The van der Waals surface area contributed by atoms with E-state index in [4.69, 9.17) is 11.6 Å². The number of nitrogens with zero attached hydrogens (tertiary/aromatic N) is 4. The van der Waals surface area contributed by atoms with Crippen molar-refractivity contribution in [2.45, 2.75) is 20.3 Å². The Hall–Kier alpha value is -4.70. The van der Waals surface area contributed by atoms with Crippen LogP contribution in [0, 0.1) is 12.7 Å². The molecule has 0 saturated carbocycles. The van der Waals surface area contributed by atoms with E-state index in [1.54, 1.807) is 46.9 Å². The summed E-state index contributed by atoms with van der Waals surface area (Å²) in [5.41, 5.74) is 3.89. The summed E-state index contributed by atoms with van der Waals surface area (Å²) in [6.45, 7) is 4.00. The van der Waals surface area contributed by atoms with Crippen molar-refractivity contribution < 1.29 is 4.39 Å². The fourth-order valence-corrected chi connectivity index (χ4v) is 7.70. The minimum absolute atomic E-state index is 0.0684. The van der Waals surface area contributed by atoms with E-state index in [0.717, 1.165) is 53.3 Å². The zero-order valence-electron chi connectivity index (χ0n) is 24.1. The lowest BCUT2D eigenvalue weighted by Gasteiger charge is -2.06. The van der Waals surface area contributed by atoms with Gasteiger partial charge in [-0.15, -0.1) is 22.7 Å². The second kappa shape index (κ2) is 11.7. The highest BCUT2D eigenvalue weighted by Crippen LogP contribution is 2.36. The van der Waals surface area contributed by atoms with Crippen molar-refractivity contribution in [3.8, 4) is 33.9 Å². The lowest BCUT2D eigenvalue weighted by Crippen LogP contribution is -2.15. The van der Waals surface area contributed by atoms with Crippen LogP contribution in [0.4, 0.5) is 4.39 Å². The first-order valence-corrected chi connectivity index (χ1v) is 16.2. The van der Waals surface area contributed by atoms with Crippen LogP contribution >= 0.6 is 34.3 Å². The van der Waals surface area contributed by atoms with Gasteiger partial charge in [0.05, 0.1) is 22.5 Å². The SMILES string of the molecule is CCc1sc2ccccc2c2nn(-c3ccc(Cl)cc3)c(=O)c1-2.Cc1sc2ccccc2c2nn(-c3ccc(F)cc3)c(=O)c1-2. The minimum Gasteiger partial charge on any atom is -0.267 e. The largest absolute Gasteiger partial charge is 0.282 e. The average Bonchev–Trinajstić information content (AvgIpc) is 3.60. The van der Waals surface area contributed by atoms with E-state index in [1.165, 1.54) is 21.5 Å². The van der Waals surface area contributed by atoms with Crippen molar-refractivity contribution in [2.24, 2.45) is 0 Å². The smallest absolute Gasteiger partial charge is 0.267 e. The highest BCUT2D eigenvalue weighted by Gasteiger charge is 2.23. The lowest BCUT2D eigenvalue weighted by atomic mass is 10.1. The Kier molecular flexibility index (Phi) is 7.53. The fraction of sp³-hybridized carbons (Fsp3) is 0.0857. The number of rotatable bonds is 3. The molecule has 4 heterocycles. The maximum absolute atomic E-state index is 13.1. The fourth-order valence-electron chi connectivity index (χ4n) is 5.42. The summed E-state index contributed by atoms with van der Waals surface area (Å²) in [4.78, 5) is 27.6. The summed E-state index contributed by atoms with van der Waals surface area (Å²) < 4.78 is 18.1. The predicted molar refractivity (Wildman–Crippen MR) is 183 cm³/mol. The van der Waals surface area contributed by atoms with Gasteiger partial charge in [-0.2, -0.15) is 19.6 Å². The van der Waals surface area contributed by atoms with E-state index in [2.05, 4.69) is 23.2 Å². The van der Waals surface area contributed by atoms with Crippen molar-refractivity contribution in [3.63, 3.8) is 0 Å². The number of fused-ring (bicyclic) bond motifs is 6. The molecule has 0 aromatic heterocycles. The van der Waals surface area contributed by atoms with Crippen LogP contribution in [0.1, 0.15) is 16.7 Å². The molecule has 4 aromatic carbocycles. The molecule has 0 spiro atoms. The van der Waals surface area contributed by atoms with Crippen molar-refractivity contribution >= 4 is 54.4 Å². The van der Waals surface area contributed by atoms with E-state index in [-0.39, 0.29) is 16.9 Å². The van der Waals surface area contributed by atoms with Gasteiger partial charge in [0.15, 0.2) is 0 Å². The third kappa shape index (κ3) is 5.12. The van der Waals surface area contributed by atoms with Crippen LogP contribution < -0.4 is 11.1 Å². The molecule has 0 atom stereocenters. The zero-order chi connectivity index (χ0) is 31.2. The second-order valence-electron chi connectivity index (χ2n) is 10.4. The third-order valence-electron chi connectivity index (χ3n) is 7.56. The molecule has 0 amide bonds.